The smallest absolute Gasteiger partial charge is 0.374 e. The molecule has 3 atom stereocenters. The average Bonchev–Trinajstić information content (AvgIpc) is 3.09. The highest BCUT2D eigenvalue weighted by Crippen LogP contribution is 2.40. The van der Waals surface area contributed by atoms with Crippen molar-refractivity contribution in [3.05, 3.63) is 34.9 Å². The van der Waals surface area contributed by atoms with Crippen molar-refractivity contribution in [2.45, 2.75) is 70.4 Å². The van der Waals surface area contributed by atoms with Crippen molar-refractivity contribution < 1.29 is 32.7 Å². The second-order valence-electron chi connectivity index (χ2n) is 9.60. The van der Waals surface area contributed by atoms with Crippen LogP contribution in [0.3, 0.4) is 0 Å². The molecular weight excluding hydrogens is 451 g/mol. The first-order chi connectivity index (χ1) is 16.0. The molecule has 2 heterocycles. The van der Waals surface area contributed by atoms with E-state index in [1.807, 2.05) is 6.92 Å². The number of aliphatic hydroxyl groups excluding tert-OH is 1. The molecule has 1 saturated carbocycles. The number of imide groups is 1. The van der Waals surface area contributed by atoms with Gasteiger partial charge in [0.15, 0.2) is 0 Å². The summed E-state index contributed by atoms with van der Waals surface area (Å²) < 4.78 is 41.0. The Kier molecular flexibility index (Phi) is 6.91. The molecule has 0 aromatic heterocycles. The zero-order valence-corrected chi connectivity index (χ0v) is 18.8. The second kappa shape index (κ2) is 9.58. The van der Waals surface area contributed by atoms with Crippen molar-refractivity contribution in [3.8, 4) is 0 Å². The summed E-state index contributed by atoms with van der Waals surface area (Å²) in [7, 11) is 0. The van der Waals surface area contributed by atoms with Gasteiger partial charge in [-0.15, -0.1) is 0 Å². The molecule has 1 aromatic carbocycles. The molecule has 3 aliphatic rings. The largest absolute Gasteiger partial charge is 0.396 e. The van der Waals surface area contributed by atoms with Crippen LogP contribution in [0.5, 0.6) is 0 Å². The molecule has 3 amide bonds. The van der Waals surface area contributed by atoms with Crippen LogP contribution in [0.15, 0.2) is 23.2 Å². The van der Waals surface area contributed by atoms with Crippen LogP contribution in [0.4, 0.5) is 13.2 Å². The minimum atomic E-state index is -4.47. The quantitative estimate of drug-likeness (QED) is 0.509. The molecule has 1 aliphatic carbocycles. The summed E-state index contributed by atoms with van der Waals surface area (Å²) >= 11 is 0. The molecule has 0 radical (unpaired) electrons. The summed E-state index contributed by atoms with van der Waals surface area (Å²) in [6, 6.07) is 3.75. The molecule has 184 valence electrons. The van der Waals surface area contributed by atoms with E-state index in [1.165, 1.54) is 23.1 Å². The Morgan fingerprint density at radius 1 is 1.21 bits per heavy atom. The van der Waals surface area contributed by atoms with Crippen molar-refractivity contribution in [1.82, 2.24) is 10.2 Å². The molecular formula is C24H28F3N3O4. The molecule has 0 bridgehead atoms. The minimum Gasteiger partial charge on any atom is -0.374 e. The van der Waals surface area contributed by atoms with Crippen LogP contribution in [0.1, 0.15) is 73.2 Å². The van der Waals surface area contributed by atoms with Crippen LogP contribution in [-0.4, -0.2) is 46.2 Å². The van der Waals surface area contributed by atoms with Crippen molar-refractivity contribution in [2.75, 3.05) is 0 Å². The molecule has 7 nitrogen and oxygen atoms in total. The lowest BCUT2D eigenvalue weighted by Gasteiger charge is -2.31. The number of fused-ring (bicyclic) bond motifs is 1. The van der Waals surface area contributed by atoms with Crippen molar-refractivity contribution in [3.63, 3.8) is 0 Å². The summed E-state index contributed by atoms with van der Waals surface area (Å²) in [6.07, 6.45) is -2.00. The third-order valence-electron chi connectivity index (χ3n) is 7.24. The monoisotopic (exact) mass is 479 g/mol. The normalized spacial score (nSPS) is 29.2. The molecule has 2 N–H and O–H groups in total. The fraction of sp³-hybridized carbons (Fsp3) is 0.583. The van der Waals surface area contributed by atoms with Gasteiger partial charge in [-0.25, -0.2) is 4.99 Å². The lowest BCUT2D eigenvalue weighted by Crippen LogP contribution is -2.51. The highest BCUT2D eigenvalue weighted by molar-refractivity contribution is 6.00. The molecule has 1 aromatic rings. The fourth-order valence-corrected chi connectivity index (χ4v) is 5.21. The molecule has 34 heavy (non-hydrogen) atoms. The van der Waals surface area contributed by atoms with E-state index in [1.54, 1.807) is 0 Å². The molecule has 2 aliphatic heterocycles. The number of benzene rings is 1. The van der Waals surface area contributed by atoms with E-state index in [4.69, 9.17) is 0 Å². The number of nitrogens with one attached hydrogen (secondary N) is 1. The fourth-order valence-electron chi connectivity index (χ4n) is 5.21. The maximum Gasteiger partial charge on any atom is 0.396 e. The van der Waals surface area contributed by atoms with E-state index >= 15 is 0 Å². The number of rotatable bonds is 4. The summed E-state index contributed by atoms with van der Waals surface area (Å²) in [6.45, 7) is 2.20. The number of nitrogens with zero attached hydrogens (tertiary/aromatic N) is 2. The third-order valence-corrected chi connectivity index (χ3v) is 7.24. The topological polar surface area (TPSA) is 99.1 Å². The van der Waals surface area contributed by atoms with E-state index in [-0.39, 0.29) is 30.9 Å². The van der Waals surface area contributed by atoms with Crippen molar-refractivity contribution >= 4 is 23.9 Å². The van der Waals surface area contributed by atoms with E-state index in [0.29, 0.717) is 29.9 Å². The molecule has 1 saturated heterocycles. The second-order valence-corrected chi connectivity index (χ2v) is 9.60. The van der Waals surface area contributed by atoms with E-state index in [9.17, 15) is 32.7 Å². The first-order valence-electron chi connectivity index (χ1n) is 11.6. The van der Waals surface area contributed by atoms with Gasteiger partial charge in [0.25, 0.3) is 5.91 Å². The summed E-state index contributed by atoms with van der Waals surface area (Å²) in [5.74, 6) is -3.56. The molecule has 3 unspecified atom stereocenters. The number of halogens is 3. The van der Waals surface area contributed by atoms with Gasteiger partial charge in [-0.05, 0) is 54.4 Å². The number of carbonyl (C=O) groups excluding carboxylic acids is 3. The Balaban J connectivity index is 1.48. The number of aliphatic hydroxyl groups is 1. The number of hydrogen-bond acceptors (Lipinski definition) is 5. The number of amides is 3. The van der Waals surface area contributed by atoms with Gasteiger partial charge in [0.2, 0.25) is 11.8 Å². The van der Waals surface area contributed by atoms with E-state index in [2.05, 4.69) is 10.3 Å². The van der Waals surface area contributed by atoms with E-state index < -0.39 is 42.1 Å². The zero-order chi connectivity index (χ0) is 24.6. The standard InChI is InChI=1S/C24H28F3N3O4/c1-13-2-4-14(5-3-13)18(24(25,26)27)11-28-21(32)15-6-7-17-16(10-15)12-30(23(17)34)19-8-9-20(31)29-22(19)33/h6-7,10-11,13-14,18-19,23,34H,2-5,8-9,12H2,1H3,(H,29,31,33)/b28-11+. The van der Waals surface area contributed by atoms with Crippen LogP contribution in [0.2, 0.25) is 0 Å². The SMILES string of the molecule is CC1CCC(C(/C=N/C(=O)c2ccc3c(c2)CN(C2CCC(=O)NC2=O)C3O)C(F)(F)F)CC1. The van der Waals surface area contributed by atoms with Gasteiger partial charge in [0.1, 0.15) is 6.23 Å². The van der Waals surface area contributed by atoms with Crippen LogP contribution < -0.4 is 5.32 Å². The molecule has 0 spiro atoms. The number of alkyl halides is 3. The third kappa shape index (κ3) is 5.07. The Hall–Kier alpha value is -2.59. The Morgan fingerprint density at radius 3 is 2.56 bits per heavy atom. The average molecular weight is 479 g/mol. The summed E-state index contributed by atoms with van der Waals surface area (Å²) in [5.41, 5.74) is 1.21. The Bertz CT molecular complexity index is 1000. The Labute approximate surface area is 195 Å². The van der Waals surface area contributed by atoms with Gasteiger partial charge >= 0.3 is 6.18 Å². The van der Waals surface area contributed by atoms with E-state index in [0.717, 1.165) is 19.1 Å². The molecule has 2 fully saturated rings. The summed E-state index contributed by atoms with van der Waals surface area (Å²) in [4.78, 5) is 41.4. The van der Waals surface area contributed by atoms with Gasteiger partial charge < -0.3 is 5.11 Å². The number of aliphatic imine (C=N–C) groups is 1. The highest BCUT2D eigenvalue weighted by Gasteiger charge is 2.44. The maximum absolute atomic E-state index is 13.7. The maximum atomic E-state index is 13.7. The van der Waals surface area contributed by atoms with Crippen molar-refractivity contribution in [2.24, 2.45) is 22.7 Å². The van der Waals surface area contributed by atoms with Gasteiger partial charge in [-0.1, -0.05) is 25.8 Å². The van der Waals surface area contributed by atoms with Crippen LogP contribution in [-0.2, 0) is 16.1 Å². The van der Waals surface area contributed by atoms with Crippen molar-refractivity contribution in [1.29, 1.82) is 0 Å². The Morgan fingerprint density at radius 2 is 1.91 bits per heavy atom. The van der Waals surface area contributed by atoms with Gasteiger partial charge in [-0.3, -0.25) is 24.6 Å². The predicted octanol–water partition coefficient (Wildman–Crippen LogP) is 3.51. The number of hydrogen-bond donors (Lipinski definition) is 2. The summed E-state index contributed by atoms with van der Waals surface area (Å²) in [5, 5.41) is 12.9. The predicted molar refractivity (Wildman–Crippen MR) is 117 cm³/mol. The van der Waals surface area contributed by atoms with Gasteiger partial charge in [-0.2, -0.15) is 13.2 Å². The number of carbonyl (C=O) groups is 3. The van der Waals surface area contributed by atoms with Gasteiger partial charge in [0.05, 0.1) is 12.0 Å². The lowest BCUT2D eigenvalue weighted by atomic mass is 9.76. The first-order valence-corrected chi connectivity index (χ1v) is 11.6. The molecule has 4 rings (SSSR count). The highest BCUT2D eigenvalue weighted by atomic mass is 19.4. The number of piperidine rings is 1. The van der Waals surface area contributed by atoms with Crippen LogP contribution in [0, 0.1) is 17.8 Å². The van der Waals surface area contributed by atoms with Crippen LogP contribution >= 0.6 is 0 Å². The minimum absolute atomic E-state index is 0.116. The molecule has 10 heteroatoms. The first kappa shape index (κ1) is 24.5. The zero-order valence-electron chi connectivity index (χ0n) is 18.8. The van der Waals surface area contributed by atoms with Crippen LogP contribution in [0.25, 0.3) is 0 Å². The van der Waals surface area contributed by atoms with Gasteiger partial charge in [0, 0.05) is 24.7 Å². The lowest BCUT2D eigenvalue weighted by molar-refractivity contribution is -0.169.